The molecule has 0 saturated heterocycles. The van der Waals surface area contributed by atoms with Crippen LogP contribution in [0.15, 0.2) is 93.8 Å². The zero-order chi connectivity index (χ0) is 26.7. The number of furan rings is 1. The Kier molecular flexibility index (Phi) is 5.53. The molecular weight excluding hydrogens is 468 g/mol. The lowest BCUT2D eigenvalue weighted by atomic mass is 9.83. The summed E-state index contributed by atoms with van der Waals surface area (Å²) in [5.74, 6) is 1.02. The highest BCUT2D eigenvalue weighted by Crippen LogP contribution is 2.41. The van der Waals surface area contributed by atoms with Gasteiger partial charge in [0.1, 0.15) is 11.2 Å². The molecule has 0 unspecified atom stereocenters. The molecule has 2 heterocycles. The summed E-state index contributed by atoms with van der Waals surface area (Å²) >= 11 is 0. The van der Waals surface area contributed by atoms with Gasteiger partial charge in [-0.25, -0.2) is 0 Å². The molecule has 4 heteroatoms. The first-order valence-electron chi connectivity index (χ1n) is 13.1. The molecule has 0 aliphatic carbocycles. The molecule has 4 aromatic carbocycles. The Morgan fingerprint density at radius 1 is 0.526 bits per heavy atom. The van der Waals surface area contributed by atoms with Crippen molar-refractivity contribution in [3.05, 3.63) is 96.1 Å². The van der Waals surface area contributed by atoms with Crippen LogP contribution >= 0.6 is 0 Å². The van der Waals surface area contributed by atoms with E-state index in [1.807, 2.05) is 42.5 Å². The van der Waals surface area contributed by atoms with Crippen LogP contribution in [0, 0.1) is 0 Å². The van der Waals surface area contributed by atoms with Crippen LogP contribution in [0.2, 0.25) is 0 Å². The summed E-state index contributed by atoms with van der Waals surface area (Å²) in [4.78, 5) is 0. The first-order chi connectivity index (χ1) is 18.1. The molecule has 0 aliphatic rings. The summed E-state index contributed by atoms with van der Waals surface area (Å²) < 4.78 is 12.5. The van der Waals surface area contributed by atoms with Crippen molar-refractivity contribution in [2.45, 2.75) is 52.4 Å². The monoisotopic (exact) mass is 500 g/mol. The quantitative estimate of drug-likeness (QED) is 0.243. The maximum absolute atomic E-state index is 6.50. The maximum Gasteiger partial charge on any atom is 0.248 e. The first kappa shape index (κ1) is 24.2. The van der Waals surface area contributed by atoms with Crippen LogP contribution in [0.3, 0.4) is 0 Å². The van der Waals surface area contributed by atoms with Crippen molar-refractivity contribution in [3.63, 3.8) is 0 Å². The molecule has 6 rings (SSSR count). The lowest BCUT2D eigenvalue weighted by Gasteiger charge is -2.21. The lowest BCUT2D eigenvalue weighted by molar-refractivity contribution is 0.584. The van der Waals surface area contributed by atoms with Crippen molar-refractivity contribution in [3.8, 4) is 34.0 Å². The summed E-state index contributed by atoms with van der Waals surface area (Å²) in [5, 5.41) is 10.8. The van der Waals surface area contributed by atoms with Gasteiger partial charge in [0.05, 0.1) is 0 Å². The molecule has 0 radical (unpaired) electrons. The minimum absolute atomic E-state index is 0.00823. The van der Waals surface area contributed by atoms with E-state index >= 15 is 0 Å². The van der Waals surface area contributed by atoms with Crippen LogP contribution in [0.25, 0.3) is 56.0 Å². The zero-order valence-corrected chi connectivity index (χ0v) is 22.8. The van der Waals surface area contributed by atoms with Gasteiger partial charge in [-0.1, -0.05) is 77.9 Å². The normalized spacial score (nSPS) is 12.5. The number of benzene rings is 4. The second-order valence-electron chi connectivity index (χ2n) is 12.1. The molecule has 0 N–H and O–H groups in total. The van der Waals surface area contributed by atoms with E-state index in [1.165, 1.54) is 11.1 Å². The van der Waals surface area contributed by atoms with Gasteiger partial charge in [-0.3, -0.25) is 0 Å². The number of hydrogen-bond acceptors (Lipinski definition) is 4. The average molecular weight is 501 g/mol. The number of aromatic nitrogens is 2. The van der Waals surface area contributed by atoms with Crippen LogP contribution in [0.5, 0.6) is 0 Å². The van der Waals surface area contributed by atoms with Gasteiger partial charge < -0.3 is 8.83 Å². The van der Waals surface area contributed by atoms with Gasteiger partial charge in [-0.05, 0) is 76.1 Å². The summed E-state index contributed by atoms with van der Waals surface area (Å²) in [6.45, 7) is 13.5. The molecule has 38 heavy (non-hydrogen) atoms. The zero-order valence-electron chi connectivity index (χ0n) is 22.8. The van der Waals surface area contributed by atoms with Crippen LogP contribution in [-0.2, 0) is 10.8 Å². The van der Waals surface area contributed by atoms with Gasteiger partial charge >= 0.3 is 0 Å². The Balaban J connectivity index is 1.46. The highest BCUT2D eigenvalue weighted by Gasteiger charge is 2.22. The maximum atomic E-state index is 6.50. The van der Waals surface area contributed by atoms with Gasteiger partial charge in [-0.15, -0.1) is 10.2 Å². The van der Waals surface area contributed by atoms with Crippen LogP contribution in [-0.4, -0.2) is 10.2 Å². The van der Waals surface area contributed by atoms with Crippen molar-refractivity contribution in [1.29, 1.82) is 0 Å². The van der Waals surface area contributed by atoms with Crippen molar-refractivity contribution >= 4 is 21.9 Å². The fourth-order valence-electron chi connectivity index (χ4n) is 4.82. The summed E-state index contributed by atoms with van der Waals surface area (Å²) in [6, 6.07) is 29.3. The van der Waals surface area contributed by atoms with E-state index in [1.54, 1.807) is 0 Å². The minimum atomic E-state index is -0.00823. The average Bonchev–Trinajstić information content (AvgIpc) is 3.53. The molecule has 0 saturated carbocycles. The van der Waals surface area contributed by atoms with Crippen molar-refractivity contribution < 1.29 is 8.83 Å². The first-order valence-corrected chi connectivity index (χ1v) is 13.1. The topological polar surface area (TPSA) is 52.1 Å². The van der Waals surface area contributed by atoms with Gasteiger partial charge in [0, 0.05) is 27.5 Å². The van der Waals surface area contributed by atoms with Crippen molar-refractivity contribution in [2.75, 3.05) is 0 Å². The van der Waals surface area contributed by atoms with E-state index in [2.05, 4.69) is 94.2 Å². The molecule has 6 aromatic rings. The molecule has 0 amide bonds. The molecule has 0 aliphatic heterocycles. The molecule has 190 valence electrons. The number of rotatable bonds is 3. The molecule has 0 fully saturated rings. The highest BCUT2D eigenvalue weighted by atomic mass is 16.4. The number of fused-ring (bicyclic) bond motifs is 3. The SMILES string of the molecule is CC(C)(C)c1ccc2oc3c(-c4ccc(-c5nnc(-c6ccccc6)o5)cc4)cc(C(C)(C)C)cc3c2c1. The lowest BCUT2D eigenvalue weighted by Crippen LogP contribution is -2.11. The third-order valence-corrected chi connectivity index (χ3v) is 7.19. The van der Waals surface area contributed by atoms with Crippen LogP contribution < -0.4 is 0 Å². The molecule has 4 nitrogen and oxygen atoms in total. The second kappa shape index (κ2) is 8.70. The summed E-state index contributed by atoms with van der Waals surface area (Å²) in [7, 11) is 0. The van der Waals surface area contributed by atoms with Crippen molar-refractivity contribution in [2.24, 2.45) is 0 Å². The molecular formula is C34H32N2O2. The van der Waals surface area contributed by atoms with Crippen LogP contribution in [0.1, 0.15) is 52.7 Å². The van der Waals surface area contributed by atoms with Gasteiger partial charge in [0.2, 0.25) is 11.8 Å². The highest BCUT2D eigenvalue weighted by molar-refractivity contribution is 6.10. The number of nitrogens with zero attached hydrogens (tertiary/aromatic N) is 2. The fraction of sp³-hybridized carbons (Fsp3) is 0.235. The fourth-order valence-corrected chi connectivity index (χ4v) is 4.82. The Morgan fingerprint density at radius 3 is 1.74 bits per heavy atom. The van der Waals surface area contributed by atoms with E-state index in [-0.39, 0.29) is 10.8 Å². The molecule has 0 atom stereocenters. The predicted molar refractivity (Wildman–Crippen MR) is 155 cm³/mol. The molecule has 0 bridgehead atoms. The summed E-state index contributed by atoms with van der Waals surface area (Å²) in [5.41, 5.74) is 8.41. The Bertz CT molecular complexity index is 1760. The van der Waals surface area contributed by atoms with E-state index in [9.17, 15) is 0 Å². The van der Waals surface area contributed by atoms with Crippen LogP contribution in [0.4, 0.5) is 0 Å². The van der Waals surface area contributed by atoms with Crippen molar-refractivity contribution in [1.82, 2.24) is 10.2 Å². The van der Waals surface area contributed by atoms with E-state index in [0.29, 0.717) is 11.8 Å². The van der Waals surface area contributed by atoms with E-state index < -0.39 is 0 Å². The predicted octanol–water partition coefficient (Wildman–Crippen LogP) is 9.56. The van der Waals surface area contributed by atoms with E-state index in [0.717, 1.165) is 44.2 Å². The van der Waals surface area contributed by atoms with Gasteiger partial charge in [0.25, 0.3) is 0 Å². The van der Waals surface area contributed by atoms with Gasteiger partial charge in [0.15, 0.2) is 0 Å². The van der Waals surface area contributed by atoms with Gasteiger partial charge in [-0.2, -0.15) is 0 Å². The van der Waals surface area contributed by atoms with E-state index in [4.69, 9.17) is 8.83 Å². The molecule has 0 spiro atoms. The Hall–Kier alpha value is -4.18. The second-order valence-corrected chi connectivity index (χ2v) is 12.1. The third kappa shape index (κ3) is 4.30. The molecule has 2 aromatic heterocycles. The number of hydrogen-bond donors (Lipinski definition) is 0. The third-order valence-electron chi connectivity index (χ3n) is 7.19. The largest absolute Gasteiger partial charge is 0.455 e. The summed E-state index contributed by atoms with van der Waals surface area (Å²) in [6.07, 6.45) is 0. The smallest absolute Gasteiger partial charge is 0.248 e. The Morgan fingerprint density at radius 2 is 1.11 bits per heavy atom. The minimum Gasteiger partial charge on any atom is -0.455 e. The Labute approximate surface area is 223 Å². The standard InChI is InChI=1S/C34H32N2O2/c1-33(2,3)24-16-17-29-27(18-24)28-20-25(34(4,5)6)19-26(30(28)37-29)21-12-14-23(15-13-21)32-36-35-31(38-32)22-10-8-7-9-11-22/h7-20H,1-6H3.